The number of amides is 2. The zero-order valence-electron chi connectivity index (χ0n) is 15.4. The molecular formula is C21H22ClN3O2S. The minimum atomic E-state index is -0.182. The number of nitrogens with zero attached hydrogens (tertiary/aromatic N) is 1. The van der Waals surface area contributed by atoms with E-state index < -0.39 is 0 Å². The summed E-state index contributed by atoms with van der Waals surface area (Å²) in [4.78, 5) is 26.3. The molecule has 2 amide bonds. The lowest BCUT2D eigenvalue weighted by atomic mass is 10.1. The van der Waals surface area contributed by atoms with Crippen molar-refractivity contribution in [2.24, 2.45) is 0 Å². The molecule has 0 bridgehead atoms. The molecule has 5 nitrogen and oxygen atoms in total. The predicted molar refractivity (Wildman–Crippen MR) is 116 cm³/mol. The molecule has 2 aromatic rings. The fraction of sp³-hybridized carbons (Fsp3) is 0.286. The fourth-order valence-electron chi connectivity index (χ4n) is 3.10. The summed E-state index contributed by atoms with van der Waals surface area (Å²) in [6.45, 7) is 1.65. The Morgan fingerprint density at radius 3 is 2.39 bits per heavy atom. The molecule has 1 fully saturated rings. The first-order valence-electron chi connectivity index (χ1n) is 9.26. The van der Waals surface area contributed by atoms with Gasteiger partial charge in [0.1, 0.15) is 0 Å². The Morgan fingerprint density at radius 1 is 1.04 bits per heavy atom. The third kappa shape index (κ3) is 5.53. The second kappa shape index (κ2) is 9.66. The third-order valence-corrected chi connectivity index (χ3v) is 5.19. The molecular weight excluding hydrogens is 394 g/mol. The first kappa shape index (κ1) is 20.3. The van der Waals surface area contributed by atoms with E-state index in [4.69, 9.17) is 23.8 Å². The van der Waals surface area contributed by atoms with Gasteiger partial charge in [-0.05, 0) is 67.4 Å². The molecule has 0 spiro atoms. The average molecular weight is 416 g/mol. The van der Waals surface area contributed by atoms with Gasteiger partial charge in [-0.2, -0.15) is 0 Å². The molecule has 28 heavy (non-hydrogen) atoms. The van der Waals surface area contributed by atoms with Crippen molar-refractivity contribution in [2.45, 2.75) is 25.7 Å². The number of nitrogens with one attached hydrogen (secondary N) is 2. The second-order valence-electron chi connectivity index (χ2n) is 6.67. The Kier molecular flexibility index (Phi) is 7.01. The van der Waals surface area contributed by atoms with Crippen LogP contribution in [0, 0.1) is 0 Å². The standard InChI is InChI=1S/C21H22ClN3O2S/c22-18-6-2-1-5-15(18)9-12-19(26)24-21(28)23-17-10-7-16(8-11-17)20(27)25-13-3-4-14-25/h1-2,5-8,10-11H,3-4,9,12-14H2,(H2,23,24,26,28). The van der Waals surface area contributed by atoms with Crippen LogP contribution in [-0.2, 0) is 11.2 Å². The van der Waals surface area contributed by atoms with E-state index in [0.29, 0.717) is 17.0 Å². The van der Waals surface area contributed by atoms with Crippen molar-refractivity contribution < 1.29 is 9.59 Å². The Labute approximate surface area is 175 Å². The molecule has 146 valence electrons. The number of anilines is 1. The van der Waals surface area contributed by atoms with Crippen molar-refractivity contribution in [1.29, 1.82) is 0 Å². The van der Waals surface area contributed by atoms with Crippen LogP contribution >= 0.6 is 23.8 Å². The highest BCUT2D eigenvalue weighted by molar-refractivity contribution is 7.80. The van der Waals surface area contributed by atoms with Crippen molar-refractivity contribution in [1.82, 2.24) is 10.2 Å². The lowest BCUT2D eigenvalue weighted by Crippen LogP contribution is -2.34. The summed E-state index contributed by atoms with van der Waals surface area (Å²) in [7, 11) is 0. The molecule has 1 saturated heterocycles. The fourth-order valence-corrected chi connectivity index (χ4v) is 3.56. The summed E-state index contributed by atoms with van der Waals surface area (Å²) < 4.78 is 0. The Bertz CT molecular complexity index is 864. The van der Waals surface area contributed by atoms with Crippen LogP contribution in [0.25, 0.3) is 0 Å². The van der Waals surface area contributed by atoms with E-state index >= 15 is 0 Å². The van der Waals surface area contributed by atoms with Gasteiger partial charge < -0.3 is 15.5 Å². The number of hydrogen-bond donors (Lipinski definition) is 2. The highest BCUT2D eigenvalue weighted by Crippen LogP contribution is 2.17. The van der Waals surface area contributed by atoms with Crippen LogP contribution < -0.4 is 10.6 Å². The number of benzene rings is 2. The predicted octanol–water partition coefficient (Wildman–Crippen LogP) is 4.02. The first-order valence-corrected chi connectivity index (χ1v) is 10.0. The summed E-state index contributed by atoms with van der Waals surface area (Å²) in [5.41, 5.74) is 2.30. The van der Waals surface area contributed by atoms with Crippen molar-refractivity contribution >= 4 is 46.4 Å². The molecule has 2 aromatic carbocycles. The monoisotopic (exact) mass is 415 g/mol. The van der Waals surface area contributed by atoms with E-state index in [-0.39, 0.29) is 23.3 Å². The molecule has 0 atom stereocenters. The third-order valence-electron chi connectivity index (χ3n) is 4.62. The topological polar surface area (TPSA) is 61.4 Å². The van der Waals surface area contributed by atoms with Crippen molar-refractivity contribution in [3.05, 3.63) is 64.7 Å². The molecule has 0 saturated carbocycles. The molecule has 0 unspecified atom stereocenters. The van der Waals surface area contributed by atoms with Gasteiger partial charge in [0.2, 0.25) is 5.91 Å². The largest absolute Gasteiger partial charge is 0.339 e. The molecule has 0 aromatic heterocycles. The maximum atomic E-state index is 12.4. The van der Waals surface area contributed by atoms with Gasteiger partial charge in [0.05, 0.1) is 0 Å². The average Bonchev–Trinajstić information content (AvgIpc) is 3.22. The molecule has 1 aliphatic heterocycles. The minimum absolute atomic E-state index is 0.0551. The van der Waals surface area contributed by atoms with E-state index in [1.54, 1.807) is 30.3 Å². The quantitative estimate of drug-likeness (QED) is 0.724. The number of halogens is 1. The lowest BCUT2D eigenvalue weighted by molar-refractivity contribution is -0.119. The highest BCUT2D eigenvalue weighted by atomic mass is 35.5. The van der Waals surface area contributed by atoms with Crippen molar-refractivity contribution in [3.8, 4) is 0 Å². The maximum absolute atomic E-state index is 12.4. The van der Waals surface area contributed by atoms with Crippen LogP contribution in [0.2, 0.25) is 5.02 Å². The number of carbonyl (C=O) groups is 2. The smallest absolute Gasteiger partial charge is 0.253 e. The number of hydrogen-bond acceptors (Lipinski definition) is 3. The van der Waals surface area contributed by atoms with Gasteiger partial charge in [-0.15, -0.1) is 0 Å². The van der Waals surface area contributed by atoms with Crippen LogP contribution in [0.5, 0.6) is 0 Å². The Hall–Kier alpha value is -2.44. The molecule has 7 heteroatoms. The number of aryl methyl sites for hydroxylation is 1. The second-order valence-corrected chi connectivity index (χ2v) is 7.49. The zero-order valence-corrected chi connectivity index (χ0v) is 17.0. The number of thiocarbonyl (C=S) groups is 1. The first-order chi connectivity index (χ1) is 13.5. The normalized spacial score (nSPS) is 13.2. The molecule has 1 aliphatic rings. The maximum Gasteiger partial charge on any atom is 0.253 e. The van der Waals surface area contributed by atoms with E-state index in [0.717, 1.165) is 37.2 Å². The van der Waals surface area contributed by atoms with Crippen LogP contribution in [-0.4, -0.2) is 34.9 Å². The van der Waals surface area contributed by atoms with E-state index in [9.17, 15) is 9.59 Å². The minimum Gasteiger partial charge on any atom is -0.339 e. The van der Waals surface area contributed by atoms with Gasteiger partial charge in [0.15, 0.2) is 5.11 Å². The van der Waals surface area contributed by atoms with E-state index in [1.165, 1.54) is 0 Å². The summed E-state index contributed by atoms with van der Waals surface area (Å²) in [6, 6.07) is 14.6. The van der Waals surface area contributed by atoms with E-state index in [1.807, 2.05) is 23.1 Å². The van der Waals surface area contributed by atoms with Gasteiger partial charge in [-0.3, -0.25) is 9.59 Å². The summed E-state index contributed by atoms with van der Waals surface area (Å²) >= 11 is 11.3. The van der Waals surface area contributed by atoms with Crippen molar-refractivity contribution in [3.63, 3.8) is 0 Å². The van der Waals surface area contributed by atoms with Gasteiger partial charge in [0, 0.05) is 35.8 Å². The number of carbonyl (C=O) groups excluding carboxylic acids is 2. The lowest BCUT2D eigenvalue weighted by Gasteiger charge is -2.15. The molecule has 0 radical (unpaired) electrons. The SMILES string of the molecule is O=C(CCc1ccccc1Cl)NC(=S)Nc1ccc(C(=O)N2CCCC2)cc1. The summed E-state index contributed by atoms with van der Waals surface area (Å²) in [6.07, 6.45) is 2.96. The van der Waals surface area contributed by atoms with Gasteiger partial charge in [-0.1, -0.05) is 29.8 Å². The Balaban J connectivity index is 1.47. The van der Waals surface area contributed by atoms with Gasteiger partial charge >= 0.3 is 0 Å². The van der Waals surface area contributed by atoms with Crippen LogP contribution in [0.3, 0.4) is 0 Å². The highest BCUT2D eigenvalue weighted by Gasteiger charge is 2.19. The molecule has 1 heterocycles. The summed E-state index contributed by atoms with van der Waals surface area (Å²) in [5, 5.41) is 6.51. The van der Waals surface area contributed by atoms with Crippen molar-refractivity contribution in [2.75, 3.05) is 18.4 Å². The Morgan fingerprint density at radius 2 is 1.71 bits per heavy atom. The van der Waals surface area contributed by atoms with Crippen LogP contribution in [0.15, 0.2) is 48.5 Å². The molecule has 3 rings (SSSR count). The van der Waals surface area contributed by atoms with Gasteiger partial charge in [-0.25, -0.2) is 0 Å². The van der Waals surface area contributed by atoms with Crippen LogP contribution in [0.1, 0.15) is 35.2 Å². The molecule has 2 N–H and O–H groups in total. The van der Waals surface area contributed by atoms with Crippen LogP contribution in [0.4, 0.5) is 5.69 Å². The summed E-state index contributed by atoms with van der Waals surface area (Å²) in [5.74, 6) is -0.127. The molecule has 0 aliphatic carbocycles. The number of likely N-dealkylation sites (tertiary alicyclic amines) is 1. The van der Waals surface area contributed by atoms with Gasteiger partial charge in [0.25, 0.3) is 5.91 Å². The zero-order chi connectivity index (χ0) is 19.9. The number of rotatable bonds is 5. The van der Waals surface area contributed by atoms with E-state index in [2.05, 4.69) is 10.6 Å².